The van der Waals surface area contributed by atoms with Gasteiger partial charge in [-0.15, -0.1) is 11.3 Å². The Balaban J connectivity index is 2.10. The molecule has 0 bridgehead atoms. The maximum Gasteiger partial charge on any atom is 0.138 e. The summed E-state index contributed by atoms with van der Waals surface area (Å²) in [5, 5.41) is 14.4. The zero-order chi connectivity index (χ0) is 10.8. The average molecular weight is 245 g/mol. The number of aliphatic hydroxyl groups is 1. The SMILES string of the molecule is Cn1ncnc1CC(O)c1ncc(Cl)s1. The van der Waals surface area contributed by atoms with Gasteiger partial charge in [0.05, 0.1) is 6.20 Å². The molecule has 0 aromatic carbocycles. The number of halogens is 1. The van der Waals surface area contributed by atoms with Crippen LogP contribution < -0.4 is 0 Å². The van der Waals surface area contributed by atoms with E-state index in [2.05, 4.69) is 15.1 Å². The van der Waals surface area contributed by atoms with Crippen LogP contribution in [0.3, 0.4) is 0 Å². The van der Waals surface area contributed by atoms with Crippen molar-refractivity contribution in [3.8, 4) is 0 Å². The Morgan fingerprint density at radius 3 is 2.93 bits per heavy atom. The second-order valence-electron chi connectivity index (χ2n) is 3.02. The first-order valence-electron chi connectivity index (χ1n) is 4.29. The third-order valence-corrected chi connectivity index (χ3v) is 3.18. The van der Waals surface area contributed by atoms with Crippen LogP contribution >= 0.6 is 22.9 Å². The Morgan fingerprint density at radius 2 is 2.40 bits per heavy atom. The molecule has 1 atom stereocenters. The molecule has 1 unspecified atom stereocenters. The monoisotopic (exact) mass is 244 g/mol. The third-order valence-electron chi connectivity index (χ3n) is 1.96. The molecule has 2 heterocycles. The summed E-state index contributed by atoms with van der Waals surface area (Å²) in [6.45, 7) is 0. The molecule has 0 saturated carbocycles. The van der Waals surface area contributed by atoms with Crippen molar-refractivity contribution < 1.29 is 5.11 Å². The van der Waals surface area contributed by atoms with Crippen molar-refractivity contribution >= 4 is 22.9 Å². The molecule has 7 heteroatoms. The van der Waals surface area contributed by atoms with Gasteiger partial charge < -0.3 is 5.11 Å². The van der Waals surface area contributed by atoms with Gasteiger partial charge in [-0.05, 0) is 0 Å². The summed E-state index contributed by atoms with van der Waals surface area (Å²) in [6.07, 6.45) is 2.70. The van der Waals surface area contributed by atoms with Crippen LogP contribution in [0.25, 0.3) is 0 Å². The van der Waals surface area contributed by atoms with E-state index in [1.807, 2.05) is 0 Å². The summed E-state index contributed by atoms with van der Waals surface area (Å²) in [6, 6.07) is 0. The lowest BCUT2D eigenvalue weighted by atomic mass is 10.2. The maximum atomic E-state index is 9.84. The molecule has 0 saturated heterocycles. The summed E-state index contributed by atoms with van der Waals surface area (Å²) in [5.74, 6) is 0.717. The lowest BCUT2D eigenvalue weighted by Gasteiger charge is -2.05. The fourth-order valence-corrected chi connectivity index (χ4v) is 2.10. The zero-order valence-corrected chi connectivity index (χ0v) is 9.53. The number of hydrogen-bond acceptors (Lipinski definition) is 5. The zero-order valence-electron chi connectivity index (χ0n) is 7.96. The van der Waals surface area contributed by atoms with Crippen LogP contribution in [0.15, 0.2) is 12.5 Å². The van der Waals surface area contributed by atoms with Gasteiger partial charge in [0, 0.05) is 13.5 Å². The predicted octanol–water partition coefficient (Wildman–Crippen LogP) is 1.20. The van der Waals surface area contributed by atoms with Gasteiger partial charge in [0.2, 0.25) is 0 Å². The van der Waals surface area contributed by atoms with Crippen LogP contribution in [0, 0.1) is 0 Å². The lowest BCUT2D eigenvalue weighted by Crippen LogP contribution is -2.07. The van der Waals surface area contributed by atoms with Crippen molar-refractivity contribution in [1.29, 1.82) is 0 Å². The Morgan fingerprint density at radius 1 is 1.60 bits per heavy atom. The Labute approximate surface area is 95.4 Å². The number of nitrogens with zero attached hydrogens (tertiary/aromatic N) is 4. The standard InChI is InChI=1S/C8H9ClN4OS/c1-13-7(11-4-12-13)2-5(14)8-10-3-6(9)15-8/h3-5,14H,2H2,1H3. The van der Waals surface area contributed by atoms with Gasteiger partial charge in [0.25, 0.3) is 0 Å². The van der Waals surface area contributed by atoms with E-state index < -0.39 is 6.10 Å². The van der Waals surface area contributed by atoms with Gasteiger partial charge in [-0.25, -0.2) is 9.97 Å². The fraction of sp³-hybridized carbons (Fsp3) is 0.375. The number of rotatable bonds is 3. The van der Waals surface area contributed by atoms with E-state index in [4.69, 9.17) is 11.6 Å². The van der Waals surface area contributed by atoms with E-state index in [0.717, 1.165) is 0 Å². The number of thiazole rings is 1. The number of aromatic nitrogens is 4. The van der Waals surface area contributed by atoms with Crippen molar-refractivity contribution in [1.82, 2.24) is 19.7 Å². The molecule has 1 N–H and O–H groups in total. The second-order valence-corrected chi connectivity index (χ2v) is 4.72. The Hall–Kier alpha value is -0.980. The highest BCUT2D eigenvalue weighted by atomic mass is 35.5. The van der Waals surface area contributed by atoms with E-state index in [-0.39, 0.29) is 0 Å². The molecule has 0 amide bonds. The van der Waals surface area contributed by atoms with E-state index in [9.17, 15) is 5.11 Å². The Kier molecular flexibility index (Phi) is 2.99. The highest BCUT2D eigenvalue weighted by molar-refractivity contribution is 7.15. The van der Waals surface area contributed by atoms with Crippen LogP contribution in [0.5, 0.6) is 0 Å². The molecule has 5 nitrogen and oxygen atoms in total. The molecule has 0 fully saturated rings. The molecule has 0 spiro atoms. The molecular formula is C8H9ClN4OS. The van der Waals surface area contributed by atoms with Crippen LogP contribution in [-0.4, -0.2) is 24.9 Å². The first-order valence-corrected chi connectivity index (χ1v) is 5.48. The highest BCUT2D eigenvalue weighted by Crippen LogP contribution is 2.25. The van der Waals surface area contributed by atoms with Crippen LogP contribution in [0.1, 0.15) is 16.9 Å². The predicted molar refractivity (Wildman–Crippen MR) is 56.8 cm³/mol. The maximum absolute atomic E-state index is 9.84. The van der Waals surface area contributed by atoms with Gasteiger partial charge in [0.1, 0.15) is 27.6 Å². The largest absolute Gasteiger partial charge is 0.385 e. The smallest absolute Gasteiger partial charge is 0.138 e. The van der Waals surface area contributed by atoms with Gasteiger partial charge in [-0.3, -0.25) is 4.68 Å². The Bertz CT molecular complexity index is 455. The molecular weight excluding hydrogens is 236 g/mol. The second kappa shape index (κ2) is 4.26. The van der Waals surface area contributed by atoms with Crippen molar-refractivity contribution in [3.05, 3.63) is 27.7 Å². The topological polar surface area (TPSA) is 63.8 Å². The summed E-state index contributed by atoms with van der Waals surface area (Å²) < 4.78 is 2.19. The molecule has 0 aliphatic rings. The lowest BCUT2D eigenvalue weighted by molar-refractivity contribution is 0.174. The quantitative estimate of drug-likeness (QED) is 0.881. The van der Waals surface area contributed by atoms with Crippen LogP contribution in [0.4, 0.5) is 0 Å². The van der Waals surface area contributed by atoms with E-state index >= 15 is 0 Å². The third kappa shape index (κ3) is 2.34. The summed E-state index contributed by atoms with van der Waals surface area (Å²) in [7, 11) is 1.78. The minimum absolute atomic E-state index is 0.389. The normalized spacial score (nSPS) is 13.0. The van der Waals surface area contributed by atoms with Gasteiger partial charge in [-0.2, -0.15) is 5.10 Å². The molecule has 2 rings (SSSR count). The minimum atomic E-state index is -0.676. The van der Waals surface area contributed by atoms with Crippen molar-refractivity contribution in [2.24, 2.45) is 7.05 Å². The summed E-state index contributed by atoms with van der Waals surface area (Å²) in [4.78, 5) is 8.03. The average Bonchev–Trinajstić information content (AvgIpc) is 2.77. The summed E-state index contributed by atoms with van der Waals surface area (Å²) >= 11 is 7.00. The van der Waals surface area contributed by atoms with Gasteiger partial charge in [-0.1, -0.05) is 11.6 Å². The van der Waals surface area contributed by atoms with E-state index in [1.54, 1.807) is 11.7 Å². The molecule has 0 aliphatic carbocycles. The highest BCUT2D eigenvalue weighted by Gasteiger charge is 2.15. The number of hydrogen-bond donors (Lipinski definition) is 1. The minimum Gasteiger partial charge on any atom is -0.385 e. The van der Waals surface area contributed by atoms with Crippen LogP contribution in [0.2, 0.25) is 4.34 Å². The number of aliphatic hydroxyl groups excluding tert-OH is 1. The molecule has 0 radical (unpaired) electrons. The summed E-state index contributed by atoms with van der Waals surface area (Å²) in [5.41, 5.74) is 0. The molecule has 80 valence electrons. The van der Waals surface area contributed by atoms with Gasteiger partial charge >= 0.3 is 0 Å². The number of aryl methyl sites for hydroxylation is 1. The first-order chi connectivity index (χ1) is 7.16. The molecule has 2 aromatic rings. The van der Waals surface area contributed by atoms with Gasteiger partial charge in [0.15, 0.2) is 0 Å². The van der Waals surface area contributed by atoms with Crippen molar-refractivity contribution in [2.45, 2.75) is 12.5 Å². The van der Waals surface area contributed by atoms with Crippen LogP contribution in [-0.2, 0) is 13.5 Å². The van der Waals surface area contributed by atoms with E-state index in [0.29, 0.717) is 21.6 Å². The molecule has 15 heavy (non-hydrogen) atoms. The van der Waals surface area contributed by atoms with Crippen molar-refractivity contribution in [2.75, 3.05) is 0 Å². The fourth-order valence-electron chi connectivity index (χ4n) is 1.19. The van der Waals surface area contributed by atoms with E-state index in [1.165, 1.54) is 23.9 Å². The molecule has 0 aliphatic heterocycles. The molecule has 2 aromatic heterocycles. The first kappa shape index (κ1) is 10.5. The van der Waals surface area contributed by atoms with Crippen molar-refractivity contribution in [3.63, 3.8) is 0 Å².